The monoisotopic (exact) mass is 255 g/mol. The van der Waals surface area contributed by atoms with Crippen LogP contribution in [0, 0.1) is 12.8 Å². The third-order valence-electron chi connectivity index (χ3n) is 2.77. The van der Waals surface area contributed by atoms with Gasteiger partial charge in [-0.25, -0.2) is 0 Å². The number of aromatic nitrogens is 2. The average molecular weight is 255 g/mol. The molecule has 0 unspecified atom stereocenters. The first-order chi connectivity index (χ1) is 8.06. The first-order valence-corrected chi connectivity index (χ1v) is 7.40. The van der Waals surface area contributed by atoms with Gasteiger partial charge in [0.15, 0.2) is 0 Å². The van der Waals surface area contributed by atoms with Crippen LogP contribution in [0.4, 0.5) is 0 Å². The van der Waals surface area contributed by atoms with Gasteiger partial charge in [-0.15, -0.1) is 11.8 Å². The highest BCUT2D eigenvalue weighted by Gasteiger charge is 2.13. The summed E-state index contributed by atoms with van der Waals surface area (Å²) in [5.41, 5.74) is 2.52. The molecule has 0 aliphatic carbocycles. The normalized spacial score (nSPS) is 11.4. The molecule has 1 aromatic rings. The predicted octanol–water partition coefficient (Wildman–Crippen LogP) is 2.98. The highest BCUT2D eigenvalue weighted by Crippen LogP contribution is 2.26. The van der Waals surface area contributed by atoms with Crippen LogP contribution in [0.1, 0.15) is 38.4 Å². The lowest BCUT2D eigenvalue weighted by Crippen LogP contribution is -2.13. The number of rotatable bonds is 7. The second-order valence-corrected chi connectivity index (χ2v) is 5.89. The number of aryl methyl sites for hydroxylation is 2. The zero-order chi connectivity index (χ0) is 12.8. The standard InChI is InChI=1S/C13H25N3S/c1-6-14-9-12-11(4)15-16(5)13(12)17-8-7-10(2)3/h10,14H,6-9H2,1-5H3. The fourth-order valence-electron chi connectivity index (χ4n) is 1.71. The molecule has 0 aliphatic heterocycles. The highest BCUT2D eigenvalue weighted by molar-refractivity contribution is 7.99. The van der Waals surface area contributed by atoms with E-state index in [1.54, 1.807) is 0 Å². The van der Waals surface area contributed by atoms with E-state index in [4.69, 9.17) is 0 Å². The summed E-state index contributed by atoms with van der Waals surface area (Å²) in [7, 11) is 2.04. The van der Waals surface area contributed by atoms with Crippen LogP contribution in [0.15, 0.2) is 5.03 Å². The minimum atomic E-state index is 0.772. The van der Waals surface area contributed by atoms with Crippen molar-refractivity contribution in [1.29, 1.82) is 0 Å². The molecule has 4 heteroatoms. The van der Waals surface area contributed by atoms with E-state index in [0.29, 0.717) is 0 Å². The predicted molar refractivity (Wildman–Crippen MR) is 75.5 cm³/mol. The van der Waals surface area contributed by atoms with Crippen LogP contribution < -0.4 is 5.32 Å². The molecule has 0 radical (unpaired) electrons. The zero-order valence-corrected chi connectivity index (χ0v) is 12.5. The molecule has 17 heavy (non-hydrogen) atoms. The fraction of sp³-hybridized carbons (Fsp3) is 0.769. The summed E-state index contributed by atoms with van der Waals surface area (Å²) in [5, 5.41) is 9.23. The Hall–Kier alpha value is -0.480. The van der Waals surface area contributed by atoms with Gasteiger partial charge < -0.3 is 5.32 Å². The van der Waals surface area contributed by atoms with Crippen LogP contribution in [0.5, 0.6) is 0 Å². The molecule has 0 spiro atoms. The van der Waals surface area contributed by atoms with Crippen molar-refractivity contribution in [3.63, 3.8) is 0 Å². The Bertz CT molecular complexity index is 345. The van der Waals surface area contributed by atoms with E-state index in [-0.39, 0.29) is 0 Å². The molecule has 0 saturated carbocycles. The number of hydrogen-bond acceptors (Lipinski definition) is 3. The van der Waals surface area contributed by atoms with Gasteiger partial charge in [0.25, 0.3) is 0 Å². The lowest BCUT2D eigenvalue weighted by Gasteiger charge is -2.08. The van der Waals surface area contributed by atoms with Crippen LogP contribution in [0.2, 0.25) is 0 Å². The third kappa shape index (κ3) is 4.36. The van der Waals surface area contributed by atoms with Gasteiger partial charge in [0.2, 0.25) is 0 Å². The van der Waals surface area contributed by atoms with Gasteiger partial charge >= 0.3 is 0 Å². The van der Waals surface area contributed by atoms with Crippen molar-refractivity contribution in [1.82, 2.24) is 15.1 Å². The molecule has 98 valence electrons. The maximum Gasteiger partial charge on any atom is 0.0984 e. The van der Waals surface area contributed by atoms with Gasteiger partial charge in [0.05, 0.1) is 10.7 Å². The number of hydrogen-bond donors (Lipinski definition) is 1. The molecule has 0 aromatic carbocycles. The highest BCUT2D eigenvalue weighted by atomic mass is 32.2. The Morgan fingerprint density at radius 2 is 2.12 bits per heavy atom. The molecule has 0 saturated heterocycles. The summed E-state index contributed by atoms with van der Waals surface area (Å²) in [5.74, 6) is 1.95. The lowest BCUT2D eigenvalue weighted by atomic mass is 10.2. The minimum absolute atomic E-state index is 0.772. The Morgan fingerprint density at radius 1 is 1.41 bits per heavy atom. The van der Waals surface area contributed by atoms with E-state index in [9.17, 15) is 0 Å². The first-order valence-electron chi connectivity index (χ1n) is 6.42. The smallest absolute Gasteiger partial charge is 0.0984 e. The van der Waals surface area contributed by atoms with Crippen LogP contribution in [-0.4, -0.2) is 22.1 Å². The van der Waals surface area contributed by atoms with Crippen molar-refractivity contribution < 1.29 is 0 Å². The Morgan fingerprint density at radius 3 is 2.71 bits per heavy atom. The van der Waals surface area contributed by atoms with Gasteiger partial charge in [-0.3, -0.25) is 4.68 Å². The molecule has 0 amide bonds. The summed E-state index contributed by atoms with van der Waals surface area (Å²) < 4.78 is 2.02. The van der Waals surface area contributed by atoms with Gasteiger partial charge in [-0.2, -0.15) is 5.10 Å². The van der Waals surface area contributed by atoms with Crippen molar-refractivity contribution >= 4 is 11.8 Å². The number of nitrogens with zero attached hydrogens (tertiary/aromatic N) is 2. The lowest BCUT2D eigenvalue weighted by molar-refractivity contribution is 0.629. The SMILES string of the molecule is CCNCc1c(C)nn(C)c1SCCC(C)C. The Balaban J connectivity index is 2.67. The molecule has 0 fully saturated rings. The van der Waals surface area contributed by atoms with Crippen LogP contribution in [0.3, 0.4) is 0 Å². The van der Waals surface area contributed by atoms with Gasteiger partial charge in [0, 0.05) is 19.2 Å². The molecule has 1 heterocycles. The Labute approximate surface area is 109 Å². The summed E-state index contributed by atoms with van der Waals surface area (Å²) in [6.45, 7) is 10.7. The van der Waals surface area contributed by atoms with Crippen LogP contribution in [0.25, 0.3) is 0 Å². The zero-order valence-electron chi connectivity index (χ0n) is 11.7. The molecule has 0 atom stereocenters. The molecular weight excluding hydrogens is 230 g/mol. The van der Waals surface area contributed by atoms with Gasteiger partial charge in [-0.05, 0) is 31.6 Å². The third-order valence-corrected chi connectivity index (χ3v) is 4.00. The molecule has 1 N–H and O–H groups in total. The molecule has 0 bridgehead atoms. The number of thioether (sulfide) groups is 1. The first kappa shape index (κ1) is 14.6. The Kier molecular flexibility index (Phi) is 6.06. The summed E-state index contributed by atoms with van der Waals surface area (Å²) in [6.07, 6.45) is 1.26. The van der Waals surface area contributed by atoms with Crippen LogP contribution >= 0.6 is 11.8 Å². The van der Waals surface area contributed by atoms with E-state index in [1.807, 2.05) is 23.5 Å². The second kappa shape index (κ2) is 7.07. The topological polar surface area (TPSA) is 29.9 Å². The summed E-state index contributed by atoms with van der Waals surface area (Å²) in [4.78, 5) is 0. The molecule has 3 nitrogen and oxygen atoms in total. The molecule has 0 aliphatic rings. The van der Waals surface area contributed by atoms with Gasteiger partial charge in [-0.1, -0.05) is 20.8 Å². The van der Waals surface area contributed by atoms with E-state index >= 15 is 0 Å². The second-order valence-electron chi connectivity index (χ2n) is 4.80. The van der Waals surface area contributed by atoms with Gasteiger partial charge in [0.1, 0.15) is 0 Å². The van der Waals surface area contributed by atoms with Crippen molar-refractivity contribution in [3.05, 3.63) is 11.3 Å². The summed E-state index contributed by atoms with van der Waals surface area (Å²) in [6, 6.07) is 0. The van der Waals surface area contributed by atoms with Crippen molar-refractivity contribution in [2.24, 2.45) is 13.0 Å². The average Bonchev–Trinajstić information content (AvgIpc) is 2.51. The quantitative estimate of drug-likeness (QED) is 0.760. The maximum absolute atomic E-state index is 4.52. The fourth-order valence-corrected chi connectivity index (χ4v) is 3.11. The molecule has 1 aromatic heterocycles. The largest absolute Gasteiger partial charge is 0.313 e. The van der Waals surface area contributed by atoms with Crippen molar-refractivity contribution in [3.8, 4) is 0 Å². The molecular formula is C13H25N3S. The van der Waals surface area contributed by atoms with E-state index in [2.05, 4.69) is 38.1 Å². The van der Waals surface area contributed by atoms with E-state index < -0.39 is 0 Å². The molecule has 1 rings (SSSR count). The van der Waals surface area contributed by atoms with E-state index in [1.165, 1.54) is 22.8 Å². The minimum Gasteiger partial charge on any atom is -0.313 e. The summed E-state index contributed by atoms with van der Waals surface area (Å²) >= 11 is 1.93. The van der Waals surface area contributed by atoms with Crippen LogP contribution in [-0.2, 0) is 13.6 Å². The van der Waals surface area contributed by atoms with Crippen molar-refractivity contribution in [2.45, 2.75) is 45.7 Å². The number of nitrogens with one attached hydrogen (secondary N) is 1. The van der Waals surface area contributed by atoms with Crippen molar-refractivity contribution in [2.75, 3.05) is 12.3 Å². The van der Waals surface area contributed by atoms with E-state index in [0.717, 1.165) is 24.7 Å². The maximum atomic E-state index is 4.52.